The lowest BCUT2D eigenvalue weighted by Crippen LogP contribution is -2.39. The molecule has 0 bridgehead atoms. The summed E-state index contributed by atoms with van der Waals surface area (Å²) in [5.74, 6) is -0.876. The van der Waals surface area contributed by atoms with Crippen LogP contribution < -0.4 is 0 Å². The van der Waals surface area contributed by atoms with E-state index >= 15 is 0 Å². The molecule has 1 saturated heterocycles. The smallest absolute Gasteiger partial charge is 0.256 e. The van der Waals surface area contributed by atoms with E-state index in [1.807, 2.05) is 13.0 Å². The molecule has 1 aromatic carbocycles. The van der Waals surface area contributed by atoms with E-state index in [1.165, 1.54) is 6.07 Å². The number of halogens is 2. The van der Waals surface area contributed by atoms with Crippen molar-refractivity contribution in [3.05, 3.63) is 64.9 Å². The molecule has 1 aliphatic rings. The van der Waals surface area contributed by atoms with Crippen molar-refractivity contribution >= 4 is 5.91 Å². The van der Waals surface area contributed by atoms with Crippen LogP contribution in [0.4, 0.5) is 8.78 Å². The molecule has 1 aliphatic heterocycles. The SMILES string of the molecule is Cc1cc(-c2cnc(C)nc2C2CCCN(C(=O)c3ccc(F)cc3F)C2)on1. The second-order valence-electron chi connectivity index (χ2n) is 7.26. The van der Waals surface area contributed by atoms with E-state index in [2.05, 4.69) is 15.1 Å². The van der Waals surface area contributed by atoms with Gasteiger partial charge in [0.2, 0.25) is 0 Å². The number of amides is 1. The van der Waals surface area contributed by atoms with E-state index in [0.29, 0.717) is 24.7 Å². The number of rotatable bonds is 3. The van der Waals surface area contributed by atoms with E-state index < -0.39 is 17.5 Å². The van der Waals surface area contributed by atoms with Gasteiger partial charge in [0.1, 0.15) is 17.5 Å². The Bertz CT molecular complexity index is 1070. The van der Waals surface area contributed by atoms with Gasteiger partial charge in [-0.3, -0.25) is 4.79 Å². The Kier molecular flexibility index (Phi) is 5.08. The zero-order chi connectivity index (χ0) is 20.5. The van der Waals surface area contributed by atoms with Crippen LogP contribution in [0, 0.1) is 25.5 Å². The quantitative estimate of drug-likeness (QED) is 0.666. The predicted octanol–water partition coefficient (Wildman–Crippen LogP) is 4.05. The highest BCUT2D eigenvalue weighted by molar-refractivity contribution is 5.94. The molecule has 1 atom stereocenters. The first-order valence-electron chi connectivity index (χ1n) is 9.44. The first-order valence-corrected chi connectivity index (χ1v) is 9.44. The highest BCUT2D eigenvalue weighted by Crippen LogP contribution is 2.33. The Hall–Kier alpha value is -3.16. The van der Waals surface area contributed by atoms with Gasteiger partial charge < -0.3 is 9.42 Å². The molecule has 0 saturated carbocycles. The third kappa shape index (κ3) is 3.87. The number of aromatic nitrogens is 3. The fourth-order valence-corrected chi connectivity index (χ4v) is 3.70. The zero-order valence-electron chi connectivity index (χ0n) is 16.2. The van der Waals surface area contributed by atoms with Crippen LogP contribution >= 0.6 is 0 Å². The van der Waals surface area contributed by atoms with Crippen LogP contribution in [0.25, 0.3) is 11.3 Å². The average molecular weight is 398 g/mol. The van der Waals surface area contributed by atoms with Crippen LogP contribution in [-0.2, 0) is 0 Å². The van der Waals surface area contributed by atoms with Crippen molar-refractivity contribution in [3.8, 4) is 11.3 Å². The number of benzene rings is 1. The molecule has 0 N–H and O–H groups in total. The van der Waals surface area contributed by atoms with Crippen molar-refractivity contribution < 1.29 is 18.1 Å². The summed E-state index contributed by atoms with van der Waals surface area (Å²) in [5.41, 5.74) is 2.14. The molecule has 1 amide bonds. The Balaban J connectivity index is 1.63. The van der Waals surface area contributed by atoms with Gasteiger partial charge in [0.25, 0.3) is 5.91 Å². The molecule has 1 unspecified atom stereocenters. The molecule has 150 valence electrons. The van der Waals surface area contributed by atoms with Crippen molar-refractivity contribution in [1.82, 2.24) is 20.0 Å². The lowest BCUT2D eigenvalue weighted by Gasteiger charge is -2.33. The lowest BCUT2D eigenvalue weighted by atomic mass is 9.91. The standard InChI is InChI=1S/C21H20F2N4O2/c1-12-8-19(29-26-12)17-10-24-13(2)25-20(17)14-4-3-7-27(11-14)21(28)16-6-5-15(22)9-18(16)23/h5-6,8-10,14H,3-4,7,11H2,1-2H3. The number of hydrogen-bond donors (Lipinski definition) is 0. The summed E-state index contributed by atoms with van der Waals surface area (Å²) >= 11 is 0. The monoisotopic (exact) mass is 398 g/mol. The van der Waals surface area contributed by atoms with E-state index in [4.69, 9.17) is 4.52 Å². The molecule has 29 heavy (non-hydrogen) atoms. The minimum atomic E-state index is -0.854. The molecule has 3 heterocycles. The number of likely N-dealkylation sites (tertiary alicyclic amines) is 1. The van der Waals surface area contributed by atoms with Crippen molar-refractivity contribution in [1.29, 1.82) is 0 Å². The third-order valence-electron chi connectivity index (χ3n) is 5.09. The summed E-state index contributed by atoms with van der Waals surface area (Å²) in [5, 5.41) is 3.93. The minimum Gasteiger partial charge on any atom is -0.356 e. The normalized spacial score (nSPS) is 16.8. The van der Waals surface area contributed by atoms with Gasteiger partial charge in [-0.25, -0.2) is 18.7 Å². The zero-order valence-corrected chi connectivity index (χ0v) is 16.2. The molecule has 0 spiro atoms. The van der Waals surface area contributed by atoms with Crippen molar-refractivity contribution in [2.45, 2.75) is 32.6 Å². The minimum absolute atomic E-state index is 0.0571. The molecular weight excluding hydrogens is 378 g/mol. The molecule has 0 radical (unpaired) electrons. The molecule has 4 rings (SSSR count). The van der Waals surface area contributed by atoms with E-state index in [-0.39, 0.29) is 11.5 Å². The Morgan fingerprint density at radius 3 is 2.79 bits per heavy atom. The number of nitrogens with zero attached hydrogens (tertiary/aromatic N) is 4. The van der Waals surface area contributed by atoms with Crippen molar-refractivity contribution in [2.24, 2.45) is 0 Å². The molecular formula is C21H20F2N4O2. The van der Waals surface area contributed by atoms with Gasteiger partial charge in [0, 0.05) is 37.3 Å². The number of carbonyl (C=O) groups is 1. The Labute approximate surface area is 166 Å². The van der Waals surface area contributed by atoms with Gasteiger partial charge in [-0.15, -0.1) is 0 Å². The fourth-order valence-electron chi connectivity index (χ4n) is 3.70. The predicted molar refractivity (Wildman–Crippen MR) is 101 cm³/mol. The second-order valence-corrected chi connectivity index (χ2v) is 7.26. The highest BCUT2D eigenvalue weighted by Gasteiger charge is 2.30. The molecule has 0 aliphatic carbocycles. The summed E-state index contributed by atoms with van der Waals surface area (Å²) in [6, 6.07) is 4.83. The number of aryl methyl sites for hydroxylation is 2. The van der Waals surface area contributed by atoms with Gasteiger partial charge in [0.05, 0.1) is 22.5 Å². The lowest BCUT2D eigenvalue weighted by molar-refractivity contribution is 0.0701. The molecule has 1 fully saturated rings. The first-order chi connectivity index (χ1) is 13.9. The number of carbonyl (C=O) groups excluding carboxylic acids is 1. The van der Waals surface area contributed by atoms with Gasteiger partial charge in [-0.2, -0.15) is 0 Å². The Morgan fingerprint density at radius 2 is 2.07 bits per heavy atom. The van der Waals surface area contributed by atoms with Gasteiger partial charge in [-0.1, -0.05) is 5.16 Å². The highest BCUT2D eigenvalue weighted by atomic mass is 19.1. The topological polar surface area (TPSA) is 72.1 Å². The summed E-state index contributed by atoms with van der Waals surface area (Å²) in [4.78, 5) is 23.3. The van der Waals surface area contributed by atoms with Gasteiger partial charge in [-0.05, 0) is 38.8 Å². The molecule has 3 aromatic rings. The number of hydrogen-bond acceptors (Lipinski definition) is 5. The van der Waals surface area contributed by atoms with E-state index in [9.17, 15) is 13.6 Å². The largest absolute Gasteiger partial charge is 0.356 e. The van der Waals surface area contributed by atoms with E-state index in [1.54, 1.807) is 18.0 Å². The third-order valence-corrected chi connectivity index (χ3v) is 5.09. The van der Waals surface area contributed by atoms with Crippen LogP contribution in [0.15, 0.2) is 35.0 Å². The Morgan fingerprint density at radius 1 is 1.24 bits per heavy atom. The summed E-state index contributed by atoms with van der Waals surface area (Å²) in [7, 11) is 0. The second kappa shape index (κ2) is 7.69. The van der Waals surface area contributed by atoms with E-state index in [0.717, 1.165) is 41.9 Å². The molecule has 2 aromatic heterocycles. The van der Waals surface area contributed by atoms with Gasteiger partial charge in [0.15, 0.2) is 5.76 Å². The number of piperidine rings is 1. The first kappa shape index (κ1) is 19.2. The van der Waals surface area contributed by atoms with Crippen LogP contribution in [0.1, 0.15) is 46.3 Å². The van der Waals surface area contributed by atoms with Crippen LogP contribution in [-0.4, -0.2) is 39.0 Å². The maximum atomic E-state index is 14.1. The van der Waals surface area contributed by atoms with Crippen LogP contribution in [0.2, 0.25) is 0 Å². The fraction of sp³-hybridized carbons (Fsp3) is 0.333. The molecule has 8 heteroatoms. The molecule has 6 nitrogen and oxygen atoms in total. The van der Waals surface area contributed by atoms with Crippen molar-refractivity contribution in [2.75, 3.05) is 13.1 Å². The van der Waals surface area contributed by atoms with Crippen LogP contribution in [0.3, 0.4) is 0 Å². The van der Waals surface area contributed by atoms with Gasteiger partial charge >= 0.3 is 0 Å². The average Bonchev–Trinajstić information content (AvgIpc) is 3.13. The maximum absolute atomic E-state index is 14.1. The summed E-state index contributed by atoms with van der Waals surface area (Å²) < 4.78 is 32.7. The van der Waals surface area contributed by atoms with Crippen molar-refractivity contribution in [3.63, 3.8) is 0 Å². The summed E-state index contributed by atoms with van der Waals surface area (Å²) in [6.07, 6.45) is 3.28. The maximum Gasteiger partial charge on any atom is 0.256 e. The summed E-state index contributed by atoms with van der Waals surface area (Å²) in [6.45, 7) is 4.53. The van der Waals surface area contributed by atoms with Crippen LogP contribution in [0.5, 0.6) is 0 Å².